The highest BCUT2D eigenvalue weighted by atomic mass is 32.2. The van der Waals surface area contributed by atoms with Crippen LogP contribution in [0.1, 0.15) is 32.8 Å². The minimum absolute atomic E-state index is 0.0738. The van der Waals surface area contributed by atoms with Crippen LogP contribution in [0.15, 0.2) is 65.7 Å². The average molecular weight is 574 g/mol. The predicted octanol–water partition coefficient (Wildman–Crippen LogP) is 2.98. The Bertz CT molecular complexity index is 1470. The smallest absolute Gasteiger partial charge is 0.303 e. The van der Waals surface area contributed by atoms with Gasteiger partial charge in [-0.05, 0) is 30.2 Å². The molecule has 40 heavy (non-hydrogen) atoms. The van der Waals surface area contributed by atoms with Gasteiger partial charge in [0, 0.05) is 38.8 Å². The first kappa shape index (κ1) is 29.2. The summed E-state index contributed by atoms with van der Waals surface area (Å²) in [7, 11) is -3.84. The molecule has 214 valence electrons. The monoisotopic (exact) mass is 573 g/mol. The van der Waals surface area contributed by atoms with Gasteiger partial charge in [-0.1, -0.05) is 36.4 Å². The van der Waals surface area contributed by atoms with E-state index in [0.29, 0.717) is 11.9 Å². The van der Waals surface area contributed by atoms with Crippen molar-refractivity contribution in [3.63, 3.8) is 0 Å². The van der Waals surface area contributed by atoms with Gasteiger partial charge in [-0.3, -0.25) is 14.4 Å². The molecule has 4 rings (SSSR count). The van der Waals surface area contributed by atoms with Crippen LogP contribution >= 0.6 is 0 Å². The molecule has 1 aliphatic heterocycles. The van der Waals surface area contributed by atoms with Crippen molar-refractivity contribution in [2.45, 2.75) is 63.1 Å². The van der Waals surface area contributed by atoms with Crippen molar-refractivity contribution in [1.82, 2.24) is 3.97 Å². The summed E-state index contributed by atoms with van der Waals surface area (Å²) in [5, 5.41) is 0.745. The third kappa shape index (κ3) is 6.87. The molecule has 1 saturated heterocycles. The highest BCUT2D eigenvalue weighted by Crippen LogP contribution is 2.29. The molecule has 0 amide bonds. The minimum atomic E-state index is -3.84. The summed E-state index contributed by atoms with van der Waals surface area (Å²) in [5.74, 6) is -1.67. The Morgan fingerprint density at radius 2 is 1.55 bits per heavy atom. The highest BCUT2D eigenvalue weighted by Gasteiger charge is 2.43. The third-order valence-electron chi connectivity index (χ3n) is 6.29. The SMILES string of the molecule is CC(=O)OC[C@H]1O[C@@H](OCCc2cn(S(=O)(=O)c3ccccc3)c3ccccc23)[C@H](OC(C)=O)C[C@H]1OC(C)=O. The van der Waals surface area contributed by atoms with Crippen LogP contribution in [0.25, 0.3) is 10.9 Å². The van der Waals surface area contributed by atoms with Crippen molar-refractivity contribution >= 4 is 38.8 Å². The van der Waals surface area contributed by atoms with Crippen LogP contribution in [0.5, 0.6) is 0 Å². The van der Waals surface area contributed by atoms with E-state index in [2.05, 4.69) is 0 Å². The Balaban J connectivity index is 1.53. The number of nitrogens with zero attached hydrogens (tertiary/aromatic N) is 1. The Kier molecular flexibility index (Phi) is 9.23. The molecule has 0 N–H and O–H groups in total. The van der Waals surface area contributed by atoms with Crippen LogP contribution in [-0.4, -0.2) is 68.1 Å². The molecule has 0 unspecified atom stereocenters. The molecule has 3 aromatic rings. The summed E-state index contributed by atoms with van der Waals surface area (Å²) in [5.41, 5.74) is 1.25. The molecule has 1 aromatic heterocycles. The molecule has 4 atom stereocenters. The van der Waals surface area contributed by atoms with Crippen molar-refractivity contribution in [3.8, 4) is 0 Å². The number of ether oxygens (including phenoxy) is 5. The third-order valence-corrected chi connectivity index (χ3v) is 7.98. The van der Waals surface area contributed by atoms with E-state index in [0.717, 1.165) is 10.9 Å². The van der Waals surface area contributed by atoms with Crippen LogP contribution < -0.4 is 0 Å². The number of carbonyl (C=O) groups excluding carboxylic acids is 3. The van der Waals surface area contributed by atoms with Crippen molar-refractivity contribution in [2.75, 3.05) is 13.2 Å². The molecule has 1 fully saturated rings. The number of fused-ring (bicyclic) bond motifs is 1. The van der Waals surface area contributed by atoms with Gasteiger partial charge in [0.25, 0.3) is 10.0 Å². The van der Waals surface area contributed by atoms with Crippen molar-refractivity contribution in [3.05, 3.63) is 66.4 Å². The molecular weight excluding hydrogens is 542 g/mol. The van der Waals surface area contributed by atoms with E-state index in [1.165, 1.54) is 36.9 Å². The van der Waals surface area contributed by atoms with E-state index in [9.17, 15) is 22.8 Å². The second kappa shape index (κ2) is 12.6. The van der Waals surface area contributed by atoms with E-state index in [4.69, 9.17) is 23.7 Å². The van der Waals surface area contributed by atoms with Crippen molar-refractivity contribution in [1.29, 1.82) is 0 Å². The molecule has 0 bridgehead atoms. The lowest BCUT2D eigenvalue weighted by atomic mass is 10.0. The van der Waals surface area contributed by atoms with Crippen LogP contribution in [0, 0.1) is 0 Å². The second-order valence-electron chi connectivity index (χ2n) is 9.28. The standard InChI is InChI=1S/C28H31NO10S/c1-18(30)36-17-27-25(37-19(2)31)15-26(38-20(3)32)28(39-27)35-14-13-21-16-29(24-12-8-7-11-23(21)24)40(33,34)22-9-5-4-6-10-22/h4-12,16,25-28H,13-15,17H2,1-3H3/t25-,26-,27-,28-/m1/s1. The van der Waals surface area contributed by atoms with Crippen molar-refractivity contribution < 1.29 is 46.5 Å². The van der Waals surface area contributed by atoms with Crippen LogP contribution in [0.3, 0.4) is 0 Å². The van der Waals surface area contributed by atoms with Crippen LogP contribution in [0.4, 0.5) is 0 Å². The molecule has 0 spiro atoms. The highest BCUT2D eigenvalue weighted by molar-refractivity contribution is 7.90. The maximum Gasteiger partial charge on any atom is 0.303 e. The zero-order valence-corrected chi connectivity index (χ0v) is 23.2. The number of benzene rings is 2. The lowest BCUT2D eigenvalue weighted by Gasteiger charge is -2.39. The number of rotatable bonds is 10. The van der Waals surface area contributed by atoms with Gasteiger partial charge in [-0.15, -0.1) is 0 Å². The molecular formula is C28H31NO10S. The first-order valence-electron chi connectivity index (χ1n) is 12.7. The van der Waals surface area contributed by atoms with Gasteiger partial charge in [0.05, 0.1) is 17.0 Å². The maximum absolute atomic E-state index is 13.4. The summed E-state index contributed by atoms with van der Waals surface area (Å²) in [4.78, 5) is 34.9. The zero-order valence-electron chi connectivity index (χ0n) is 22.3. The average Bonchev–Trinajstić information content (AvgIpc) is 3.28. The molecule has 11 nitrogen and oxygen atoms in total. The fourth-order valence-electron chi connectivity index (χ4n) is 4.59. The lowest BCUT2D eigenvalue weighted by molar-refractivity contribution is -0.277. The predicted molar refractivity (Wildman–Crippen MR) is 142 cm³/mol. The number of para-hydroxylation sites is 1. The van der Waals surface area contributed by atoms with Gasteiger partial charge in [-0.2, -0.15) is 0 Å². The molecule has 0 saturated carbocycles. The molecule has 2 heterocycles. The van der Waals surface area contributed by atoms with Gasteiger partial charge in [-0.25, -0.2) is 12.4 Å². The van der Waals surface area contributed by atoms with Gasteiger partial charge in [0.15, 0.2) is 12.4 Å². The number of carbonyl (C=O) groups is 3. The fraction of sp³-hybridized carbons (Fsp3) is 0.393. The first-order chi connectivity index (χ1) is 19.1. The van der Waals surface area contributed by atoms with Gasteiger partial charge in [0.2, 0.25) is 0 Å². The van der Waals surface area contributed by atoms with E-state index in [1.54, 1.807) is 36.5 Å². The topological polar surface area (TPSA) is 136 Å². The summed E-state index contributed by atoms with van der Waals surface area (Å²) >= 11 is 0. The summed E-state index contributed by atoms with van der Waals surface area (Å²) < 4.78 is 55.7. The Morgan fingerprint density at radius 3 is 2.23 bits per heavy atom. The fourth-order valence-corrected chi connectivity index (χ4v) is 6.01. The molecule has 1 aliphatic rings. The maximum atomic E-state index is 13.4. The first-order valence-corrected chi connectivity index (χ1v) is 14.1. The van der Waals surface area contributed by atoms with E-state index >= 15 is 0 Å². The van der Waals surface area contributed by atoms with Crippen molar-refractivity contribution in [2.24, 2.45) is 0 Å². The Labute approximate surface area is 232 Å². The summed E-state index contributed by atoms with van der Waals surface area (Å²) in [6, 6.07) is 15.3. The minimum Gasteiger partial charge on any atom is -0.463 e. The van der Waals surface area contributed by atoms with Gasteiger partial charge >= 0.3 is 17.9 Å². The van der Waals surface area contributed by atoms with Crippen LogP contribution in [-0.2, 0) is 54.5 Å². The number of hydrogen-bond acceptors (Lipinski definition) is 10. The molecule has 0 radical (unpaired) electrons. The van der Waals surface area contributed by atoms with Gasteiger partial charge in [0.1, 0.15) is 18.8 Å². The Morgan fingerprint density at radius 1 is 0.900 bits per heavy atom. The molecule has 2 aromatic carbocycles. The molecule has 12 heteroatoms. The largest absolute Gasteiger partial charge is 0.463 e. The second-order valence-corrected chi connectivity index (χ2v) is 11.1. The zero-order chi connectivity index (χ0) is 28.9. The normalized spacial score (nSPS) is 21.1. The van der Waals surface area contributed by atoms with E-state index in [1.807, 2.05) is 12.1 Å². The van der Waals surface area contributed by atoms with Crippen LogP contribution in [0.2, 0.25) is 0 Å². The number of esters is 3. The number of aromatic nitrogens is 1. The lowest BCUT2D eigenvalue weighted by Crippen LogP contribution is -2.53. The quantitative estimate of drug-likeness (QED) is 0.263. The molecule has 0 aliphatic carbocycles. The van der Waals surface area contributed by atoms with E-state index < -0.39 is 52.5 Å². The van der Waals surface area contributed by atoms with E-state index in [-0.39, 0.29) is 24.5 Å². The Hall–Kier alpha value is -3.74. The van der Waals surface area contributed by atoms with Gasteiger partial charge < -0.3 is 23.7 Å². The summed E-state index contributed by atoms with van der Waals surface area (Å²) in [6.07, 6.45) is -1.66. The number of hydrogen-bond donors (Lipinski definition) is 0. The summed E-state index contributed by atoms with van der Waals surface area (Å²) in [6.45, 7) is 3.62.